The van der Waals surface area contributed by atoms with Crippen molar-refractivity contribution in [2.75, 3.05) is 6.54 Å². The molecule has 0 aliphatic rings. The molecule has 0 saturated carbocycles. The predicted molar refractivity (Wildman–Crippen MR) is 103 cm³/mol. The third-order valence-electron chi connectivity index (χ3n) is 3.90. The van der Waals surface area contributed by atoms with Crippen LogP contribution in [0.1, 0.15) is 58.1 Å². The van der Waals surface area contributed by atoms with Crippen LogP contribution in [0.25, 0.3) is 0 Å². The average molecular weight is 342 g/mol. The van der Waals surface area contributed by atoms with Gasteiger partial charge in [-0.05, 0) is 51.7 Å². The molecule has 0 spiro atoms. The Kier molecular flexibility index (Phi) is 9.48. The Bertz CT molecular complexity index is 614. The molecule has 1 aromatic carbocycles. The maximum absolute atomic E-state index is 12.2. The van der Waals surface area contributed by atoms with Gasteiger partial charge >= 0.3 is 0 Å². The van der Waals surface area contributed by atoms with Gasteiger partial charge in [0.05, 0.1) is 12.6 Å². The van der Waals surface area contributed by atoms with Gasteiger partial charge in [0, 0.05) is 6.42 Å². The highest BCUT2D eigenvalue weighted by molar-refractivity contribution is 5.90. The number of ketones is 1. The van der Waals surface area contributed by atoms with Gasteiger partial charge in [-0.1, -0.05) is 47.6 Å². The second kappa shape index (κ2) is 11.4. The van der Waals surface area contributed by atoms with E-state index in [0.717, 1.165) is 24.0 Å². The van der Waals surface area contributed by atoms with Crippen molar-refractivity contribution in [1.29, 1.82) is 0 Å². The molecule has 0 unspecified atom stereocenters. The molecule has 0 heterocycles. The zero-order valence-electron chi connectivity index (χ0n) is 15.5. The molecule has 4 heteroatoms. The number of rotatable bonds is 10. The van der Waals surface area contributed by atoms with Crippen LogP contribution in [0.5, 0.6) is 0 Å². The number of hydrogen-bond donors (Lipinski definition) is 2. The van der Waals surface area contributed by atoms with Crippen molar-refractivity contribution in [1.82, 2.24) is 5.32 Å². The highest BCUT2D eigenvalue weighted by Crippen LogP contribution is 2.19. The standard InChI is InChI=1S/C21H30N2O2/c1-16(2)8-7-9-17(3)14-19(24)12-13-20(23-21(25)15-22)18-10-5-4-6-11-18/h4-6,8,10-11,14,20H,7,9,12-13,15,22H2,1-3H3,(H,23,25)/b17-14+/t20-/m1/s1. The van der Waals surface area contributed by atoms with Crippen LogP contribution in [-0.2, 0) is 9.59 Å². The van der Waals surface area contributed by atoms with Gasteiger partial charge in [0.2, 0.25) is 5.91 Å². The molecule has 0 aliphatic carbocycles. The van der Waals surface area contributed by atoms with Crippen molar-refractivity contribution in [3.05, 3.63) is 59.2 Å². The molecule has 0 bridgehead atoms. The molecule has 1 aromatic rings. The van der Waals surface area contributed by atoms with Crippen LogP contribution >= 0.6 is 0 Å². The summed E-state index contributed by atoms with van der Waals surface area (Å²) in [4.78, 5) is 23.9. The minimum atomic E-state index is -0.213. The second-order valence-corrected chi connectivity index (χ2v) is 6.55. The van der Waals surface area contributed by atoms with Crippen molar-refractivity contribution in [2.24, 2.45) is 5.73 Å². The topological polar surface area (TPSA) is 72.2 Å². The Morgan fingerprint density at radius 1 is 1.12 bits per heavy atom. The lowest BCUT2D eigenvalue weighted by molar-refractivity contribution is -0.121. The SMILES string of the molecule is CC(C)=CCC/C(C)=C/C(=O)CC[C@@H](NC(=O)CN)c1ccccc1. The van der Waals surface area contributed by atoms with Crippen molar-refractivity contribution in [2.45, 2.75) is 52.5 Å². The summed E-state index contributed by atoms with van der Waals surface area (Å²) in [6.45, 7) is 6.08. The Balaban J connectivity index is 2.61. The van der Waals surface area contributed by atoms with E-state index in [1.807, 2.05) is 37.3 Å². The van der Waals surface area contributed by atoms with Gasteiger partial charge in [0.1, 0.15) is 0 Å². The molecule has 4 nitrogen and oxygen atoms in total. The van der Waals surface area contributed by atoms with Crippen LogP contribution in [0.3, 0.4) is 0 Å². The summed E-state index contributed by atoms with van der Waals surface area (Å²) in [7, 11) is 0. The van der Waals surface area contributed by atoms with E-state index in [1.165, 1.54) is 5.57 Å². The van der Waals surface area contributed by atoms with Gasteiger partial charge in [-0.15, -0.1) is 0 Å². The van der Waals surface area contributed by atoms with Crippen LogP contribution in [-0.4, -0.2) is 18.2 Å². The molecule has 25 heavy (non-hydrogen) atoms. The van der Waals surface area contributed by atoms with Crippen LogP contribution < -0.4 is 11.1 Å². The zero-order chi connectivity index (χ0) is 18.7. The van der Waals surface area contributed by atoms with E-state index in [2.05, 4.69) is 25.2 Å². The summed E-state index contributed by atoms with van der Waals surface area (Å²) in [5.41, 5.74) is 8.76. The Morgan fingerprint density at radius 2 is 1.80 bits per heavy atom. The summed E-state index contributed by atoms with van der Waals surface area (Å²) in [6.07, 6.45) is 6.71. The summed E-state index contributed by atoms with van der Waals surface area (Å²) in [5, 5.41) is 2.89. The van der Waals surface area contributed by atoms with Crippen LogP contribution in [0.15, 0.2) is 53.6 Å². The van der Waals surface area contributed by atoms with E-state index in [1.54, 1.807) is 6.08 Å². The lowest BCUT2D eigenvalue weighted by Crippen LogP contribution is -2.34. The van der Waals surface area contributed by atoms with Crippen LogP contribution in [0.2, 0.25) is 0 Å². The molecule has 1 atom stereocenters. The average Bonchev–Trinajstić information content (AvgIpc) is 2.58. The molecule has 0 fully saturated rings. The third kappa shape index (κ3) is 9.01. The minimum absolute atomic E-state index is 0.0549. The fraction of sp³-hybridized carbons (Fsp3) is 0.429. The molecule has 0 saturated heterocycles. The number of benzene rings is 1. The van der Waals surface area contributed by atoms with E-state index in [-0.39, 0.29) is 24.3 Å². The first-order valence-electron chi connectivity index (χ1n) is 8.80. The quantitative estimate of drug-likeness (QED) is 0.501. The lowest BCUT2D eigenvalue weighted by Gasteiger charge is -2.18. The van der Waals surface area contributed by atoms with Gasteiger partial charge in [-0.25, -0.2) is 0 Å². The molecular formula is C21H30N2O2. The van der Waals surface area contributed by atoms with Crippen molar-refractivity contribution >= 4 is 11.7 Å². The van der Waals surface area contributed by atoms with Crippen molar-refractivity contribution in [3.63, 3.8) is 0 Å². The number of nitrogens with one attached hydrogen (secondary N) is 1. The number of allylic oxidation sites excluding steroid dienone is 4. The Morgan fingerprint density at radius 3 is 2.40 bits per heavy atom. The fourth-order valence-electron chi connectivity index (χ4n) is 2.56. The van der Waals surface area contributed by atoms with E-state index < -0.39 is 0 Å². The summed E-state index contributed by atoms with van der Waals surface area (Å²) >= 11 is 0. The maximum atomic E-state index is 12.2. The first-order valence-corrected chi connectivity index (χ1v) is 8.80. The van der Waals surface area contributed by atoms with E-state index in [0.29, 0.717) is 12.8 Å². The number of hydrogen-bond acceptors (Lipinski definition) is 3. The van der Waals surface area contributed by atoms with E-state index in [4.69, 9.17) is 5.73 Å². The Hall–Kier alpha value is -2.20. The second-order valence-electron chi connectivity index (χ2n) is 6.55. The number of carbonyl (C=O) groups is 2. The van der Waals surface area contributed by atoms with Crippen molar-refractivity contribution < 1.29 is 9.59 Å². The lowest BCUT2D eigenvalue weighted by atomic mass is 9.99. The molecular weight excluding hydrogens is 312 g/mol. The first kappa shape index (κ1) is 20.8. The summed E-state index contributed by atoms with van der Waals surface area (Å²) in [5.74, 6) is -0.118. The van der Waals surface area contributed by atoms with Crippen LogP contribution in [0, 0.1) is 0 Å². The van der Waals surface area contributed by atoms with Crippen LogP contribution in [0.4, 0.5) is 0 Å². The minimum Gasteiger partial charge on any atom is -0.348 e. The van der Waals surface area contributed by atoms with Gasteiger partial charge in [0.25, 0.3) is 0 Å². The molecule has 0 aromatic heterocycles. The highest BCUT2D eigenvalue weighted by atomic mass is 16.2. The number of carbonyl (C=O) groups excluding carboxylic acids is 2. The third-order valence-corrected chi connectivity index (χ3v) is 3.90. The van der Waals surface area contributed by atoms with Gasteiger partial charge in [0.15, 0.2) is 5.78 Å². The summed E-state index contributed by atoms with van der Waals surface area (Å²) < 4.78 is 0. The zero-order valence-corrected chi connectivity index (χ0v) is 15.5. The molecule has 1 amide bonds. The van der Waals surface area contributed by atoms with E-state index >= 15 is 0 Å². The molecule has 0 aliphatic heterocycles. The van der Waals surface area contributed by atoms with Gasteiger partial charge in [-0.2, -0.15) is 0 Å². The normalized spacial score (nSPS) is 12.4. The Labute approximate surface area is 151 Å². The molecule has 3 N–H and O–H groups in total. The van der Waals surface area contributed by atoms with Gasteiger partial charge in [-0.3, -0.25) is 9.59 Å². The number of amides is 1. The highest BCUT2D eigenvalue weighted by Gasteiger charge is 2.15. The molecule has 136 valence electrons. The fourth-order valence-corrected chi connectivity index (χ4v) is 2.56. The maximum Gasteiger partial charge on any atom is 0.234 e. The van der Waals surface area contributed by atoms with Gasteiger partial charge < -0.3 is 11.1 Å². The largest absolute Gasteiger partial charge is 0.348 e. The smallest absolute Gasteiger partial charge is 0.234 e. The molecule has 0 radical (unpaired) electrons. The van der Waals surface area contributed by atoms with E-state index in [9.17, 15) is 9.59 Å². The molecule has 1 rings (SSSR count). The first-order chi connectivity index (χ1) is 11.9. The van der Waals surface area contributed by atoms with Crippen molar-refractivity contribution in [3.8, 4) is 0 Å². The number of nitrogens with two attached hydrogens (primary N) is 1. The summed E-state index contributed by atoms with van der Waals surface area (Å²) in [6, 6.07) is 9.48. The monoisotopic (exact) mass is 342 g/mol. The predicted octanol–water partition coefficient (Wildman–Crippen LogP) is 3.84.